The molecule has 0 amide bonds. The molecule has 1 aromatic heterocycles. The van der Waals surface area contributed by atoms with Crippen LogP contribution in [0, 0.1) is 0 Å². The van der Waals surface area contributed by atoms with Crippen LogP contribution in [-0.4, -0.2) is 23.8 Å². The smallest absolute Gasteiger partial charge is 0.339 e. The standard InChI is InChI=1S/C31H23NO4/c1-35-24-18-16-21(17-19-24)28-20-26(25-14-8-9-15-27(25)32-28)31(34)36-30(23-12-6-3-7-13-23)29(33)22-10-4-2-5-11-22/h2-20,30H,1H3. The van der Waals surface area contributed by atoms with Crippen LogP contribution in [0.1, 0.15) is 32.4 Å². The van der Waals surface area contributed by atoms with Gasteiger partial charge in [-0.2, -0.15) is 0 Å². The maximum absolute atomic E-state index is 13.6. The molecule has 0 aliphatic carbocycles. The van der Waals surface area contributed by atoms with Gasteiger partial charge in [-0.3, -0.25) is 4.79 Å². The molecule has 0 bridgehead atoms. The zero-order valence-corrected chi connectivity index (χ0v) is 19.6. The molecule has 0 aliphatic rings. The normalized spacial score (nSPS) is 11.6. The van der Waals surface area contributed by atoms with E-state index in [1.807, 2.05) is 72.8 Å². The van der Waals surface area contributed by atoms with Gasteiger partial charge in [0.05, 0.1) is 23.9 Å². The van der Waals surface area contributed by atoms with Gasteiger partial charge in [0.1, 0.15) is 5.75 Å². The highest BCUT2D eigenvalue weighted by Gasteiger charge is 2.27. The quantitative estimate of drug-likeness (QED) is 0.195. The summed E-state index contributed by atoms with van der Waals surface area (Å²) in [6, 6.07) is 34.5. The van der Waals surface area contributed by atoms with E-state index in [1.54, 1.807) is 49.6 Å². The molecule has 0 aliphatic heterocycles. The molecule has 4 aromatic carbocycles. The fourth-order valence-corrected chi connectivity index (χ4v) is 4.08. The lowest BCUT2D eigenvalue weighted by molar-refractivity contribution is 0.0282. The molecule has 5 heteroatoms. The Bertz CT molecular complexity index is 1510. The van der Waals surface area contributed by atoms with E-state index in [1.165, 1.54) is 0 Å². The van der Waals surface area contributed by atoms with Crippen molar-refractivity contribution in [3.8, 4) is 17.0 Å². The number of pyridine rings is 1. The Kier molecular flexibility index (Phi) is 6.54. The van der Waals surface area contributed by atoms with Crippen molar-refractivity contribution in [3.63, 3.8) is 0 Å². The van der Waals surface area contributed by atoms with Crippen molar-refractivity contribution >= 4 is 22.7 Å². The summed E-state index contributed by atoms with van der Waals surface area (Å²) >= 11 is 0. The number of hydrogen-bond acceptors (Lipinski definition) is 5. The molecular weight excluding hydrogens is 450 g/mol. The minimum Gasteiger partial charge on any atom is -0.497 e. The molecule has 0 N–H and O–H groups in total. The van der Waals surface area contributed by atoms with Crippen molar-refractivity contribution in [1.29, 1.82) is 0 Å². The van der Waals surface area contributed by atoms with Gasteiger partial charge in [-0.25, -0.2) is 9.78 Å². The number of benzene rings is 4. The molecule has 1 heterocycles. The van der Waals surface area contributed by atoms with Gasteiger partial charge < -0.3 is 9.47 Å². The number of rotatable bonds is 7. The van der Waals surface area contributed by atoms with E-state index >= 15 is 0 Å². The first-order valence-electron chi connectivity index (χ1n) is 11.5. The number of aromatic nitrogens is 1. The maximum atomic E-state index is 13.6. The van der Waals surface area contributed by atoms with Crippen LogP contribution in [0.3, 0.4) is 0 Å². The van der Waals surface area contributed by atoms with Gasteiger partial charge in [0, 0.05) is 22.1 Å². The second-order valence-corrected chi connectivity index (χ2v) is 8.23. The first-order chi connectivity index (χ1) is 17.6. The summed E-state index contributed by atoms with van der Waals surface area (Å²) < 4.78 is 11.2. The van der Waals surface area contributed by atoms with Crippen LogP contribution >= 0.6 is 0 Å². The molecule has 0 radical (unpaired) electrons. The van der Waals surface area contributed by atoms with Crippen LogP contribution < -0.4 is 4.74 Å². The fourth-order valence-electron chi connectivity index (χ4n) is 4.08. The number of para-hydroxylation sites is 1. The molecule has 5 nitrogen and oxygen atoms in total. The number of nitrogens with zero attached hydrogens (tertiary/aromatic N) is 1. The van der Waals surface area contributed by atoms with Gasteiger partial charge in [0.25, 0.3) is 0 Å². The third-order valence-electron chi connectivity index (χ3n) is 5.95. The number of ether oxygens (including phenoxy) is 2. The lowest BCUT2D eigenvalue weighted by atomic mass is 9.99. The minimum absolute atomic E-state index is 0.288. The fraction of sp³-hybridized carbons (Fsp3) is 0.0645. The molecule has 1 unspecified atom stereocenters. The summed E-state index contributed by atoms with van der Waals surface area (Å²) in [4.78, 5) is 31.8. The van der Waals surface area contributed by atoms with Crippen molar-refractivity contribution < 1.29 is 19.1 Å². The number of carbonyl (C=O) groups is 2. The van der Waals surface area contributed by atoms with E-state index in [-0.39, 0.29) is 5.78 Å². The average molecular weight is 474 g/mol. The summed E-state index contributed by atoms with van der Waals surface area (Å²) in [5.41, 5.74) is 3.52. The third-order valence-corrected chi connectivity index (χ3v) is 5.95. The van der Waals surface area contributed by atoms with E-state index < -0.39 is 12.1 Å². The molecule has 0 saturated carbocycles. The van der Waals surface area contributed by atoms with Gasteiger partial charge in [-0.15, -0.1) is 0 Å². The first-order valence-corrected chi connectivity index (χ1v) is 11.5. The lowest BCUT2D eigenvalue weighted by Gasteiger charge is -2.18. The highest BCUT2D eigenvalue weighted by molar-refractivity contribution is 6.07. The van der Waals surface area contributed by atoms with Crippen LogP contribution in [0.5, 0.6) is 5.75 Å². The van der Waals surface area contributed by atoms with Crippen molar-refractivity contribution in [2.45, 2.75) is 6.10 Å². The Morgan fingerprint density at radius 2 is 1.39 bits per heavy atom. The number of hydrogen-bond donors (Lipinski definition) is 0. The molecule has 5 rings (SSSR count). The Hall–Kier alpha value is -4.77. The van der Waals surface area contributed by atoms with Gasteiger partial charge in [-0.05, 0) is 36.4 Å². The van der Waals surface area contributed by atoms with Crippen LogP contribution in [0.15, 0.2) is 115 Å². The molecule has 0 saturated heterocycles. The second kappa shape index (κ2) is 10.2. The van der Waals surface area contributed by atoms with Gasteiger partial charge >= 0.3 is 5.97 Å². The molecule has 0 spiro atoms. The predicted octanol–water partition coefficient (Wildman–Crippen LogP) is 6.69. The lowest BCUT2D eigenvalue weighted by Crippen LogP contribution is -2.20. The SMILES string of the molecule is COc1ccc(-c2cc(C(=O)OC(C(=O)c3ccccc3)c3ccccc3)c3ccccc3n2)cc1. The zero-order valence-electron chi connectivity index (χ0n) is 19.6. The average Bonchev–Trinajstić information content (AvgIpc) is 2.95. The monoisotopic (exact) mass is 473 g/mol. The molecular formula is C31H23NO4. The Morgan fingerprint density at radius 1 is 0.750 bits per heavy atom. The van der Waals surface area contributed by atoms with E-state index in [2.05, 4.69) is 0 Å². The summed E-state index contributed by atoms with van der Waals surface area (Å²) in [6.45, 7) is 0. The Balaban J connectivity index is 1.56. The number of esters is 1. The maximum Gasteiger partial charge on any atom is 0.339 e. The number of ketones is 1. The zero-order chi connectivity index (χ0) is 24.9. The molecule has 5 aromatic rings. The van der Waals surface area contributed by atoms with E-state index in [9.17, 15) is 9.59 Å². The number of Topliss-reactive ketones (excluding diaryl/α,β-unsaturated/α-hetero) is 1. The number of fused-ring (bicyclic) bond motifs is 1. The molecule has 176 valence electrons. The van der Waals surface area contributed by atoms with Gasteiger partial charge in [0.2, 0.25) is 5.78 Å². The van der Waals surface area contributed by atoms with Crippen LogP contribution in [-0.2, 0) is 4.74 Å². The van der Waals surface area contributed by atoms with Crippen molar-refractivity contribution in [1.82, 2.24) is 4.98 Å². The van der Waals surface area contributed by atoms with E-state index in [4.69, 9.17) is 14.5 Å². The second-order valence-electron chi connectivity index (χ2n) is 8.23. The molecule has 0 fully saturated rings. The van der Waals surface area contributed by atoms with E-state index in [0.29, 0.717) is 33.3 Å². The number of methoxy groups -OCH3 is 1. The third kappa shape index (κ3) is 4.72. The first kappa shape index (κ1) is 23.0. The summed E-state index contributed by atoms with van der Waals surface area (Å²) in [5, 5.41) is 0.652. The molecule has 1 atom stereocenters. The van der Waals surface area contributed by atoms with Crippen molar-refractivity contribution in [2.75, 3.05) is 7.11 Å². The topological polar surface area (TPSA) is 65.5 Å². The highest BCUT2D eigenvalue weighted by Crippen LogP contribution is 2.29. The van der Waals surface area contributed by atoms with E-state index in [0.717, 1.165) is 11.3 Å². The number of carbonyl (C=O) groups excluding carboxylic acids is 2. The molecule has 36 heavy (non-hydrogen) atoms. The van der Waals surface area contributed by atoms with Gasteiger partial charge in [0.15, 0.2) is 6.10 Å². The highest BCUT2D eigenvalue weighted by atomic mass is 16.5. The minimum atomic E-state index is -1.09. The Labute approximate surface area is 209 Å². The van der Waals surface area contributed by atoms with Crippen LogP contribution in [0.2, 0.25) is 0 Å². The summed E-state index contributed by atoms with van der Waals surface area (Å²) in [6.07, 6.45) is -1.09. The van der Waals surface area contributed by atoms with Crippen molar-refractivity contribution in [3.05, 3.63) is 132 Å². The summed E-state index contributed by atoms with van der Waals surface area (Å²) in [7, 11) is 1.61. The largest absolute Gasteiger partial charge is 0.497 e. The van der Waals surface area contributed by atoms with Crippen molar-refractivity contribution in [2.24, 2.45) is 0 Å². The predicted molar refractivity (Wildman–Crippen MR) is 139 cm³/mol. The summed E-state index contributed by atoms with van der Waals surface area (Å²) in [5.74, 6) is -0.158. The Morgan fingerprint density at radius 3 is 2.08 bits per heavy atom. The van der Waals surface area contributed by atoms with Gasteiger partial charge in [-0.1, -0.05) is 78.9 Å². The van der Waals surface area contributed by atoms with Crippen LogP contribution in [0.25, 0.3) is 22.2 Å². The van der Waals surface area contributed by atoms with Crippen LogP contribution in [0.4, 0.5) is 0 Å².